The predicted octanol–water partition coefficient (Wildman–Crippen LogP) is 2.27. The van der Waals surface area contributed by atoms with Crippen molar-refractivity contribution in [2.45, 2.75) is 12.8 Å². The molecule has 8 nitrogen and oxygen atoms in total. The van der Waals surface area contributed by atoms with Crippen LogP contribution < -0.4 is 10.6 Å². The summed E-state index contributed by atoms with van der Waals surface area (Å²) < 4.78 is 5.30. The van der Waals surface area contributed by atoms with E-state index in [0.717, 1.165) is 4.88 Å². The number of thiophene rings is 1. The van der Waals surface area contributed by atoms with Crippen LogP contribution in [0.2, 0.25) is 0 Å². The summed E-state index contributed by atoms with van der Waals surface area (Å²) in [7, 11) is 0. The van der Waals surface area contributed by atoms with Crippen LogP contribution in [-0.2, 0) is 4.79 Å². The Balaban J connectivity index is 1.45. The van der Waals surface area contributed by atoms with Crippen molar-refractivity contribution >= 4 is 28.8 Å². The van der Waals surface area contributed by atoms with Crippen LogP contribution in [0.1, 0.15) is 23.3 Å². The van der Waals surface area contributed by atoms with Crippen LogP contribution in [0.15, 0.2) is 40.7 Å². The summed E-state index contributed by atoms with van der Waals surface area (Å²) in [5.74, 6) is 0.00829. The molecule has 0 atom stereocenters. The maximum atomic E-state index is 12.2. The minimum Gasteiger partial charge on any atom is -0.442 e. The van der Waals surface area contributed by atoms with Crippen molar-refractivity contribution < 1.29 is 14.0 Å². The van der Waals surface area contributed by atoms with Gasteiger partial charge in [-0.05, 0) is 17.9 Å². The first-order valence-electron chi connectivity index (χ1n) is 7.28. The van der Waals surface area contributed by atoms with Crippen molar-refractivity contribution in [3.8, 4) is 10.6 Å². The molecule has 3 rings (SSSR count). The highest BCUT2D eigenvalue weighted by molar-refractivity contribution is 7.13. The molecule has 2 amide bonds. The molecule has 0 aliphatic rings. The number of nitrogens with one attached hydrogen (secondary N) is 3. The summed E-state index contributed by atoms with van der Waals surface area (Å²) in [6.45, 7) is 0.369. The van der Waals surface area contributed by atoms with E-state index in [-0.39, 0.29) is 17.5 Å². The molecule has 3 heterocycles. The van der Waals surface area contributed by atoms with Crippen LogP contribution in [-0.4, -0.2) is 33.5 Å². The van der Waals surface area contributed by atoms with Gasteiger partial charge in [-0.2, -0.15) is 5.10 Å². The number of hydrogen-bond acceptors (Lipinski definition) is 6. The summed E-state index contributed by atoms with van der Waals surface area (Å²) >= 11 is 1.47. The molecule has 0 spiro atoms. The highest BCUT2D eigenvalue weighted by atomic mass is 32.1. The number of oxazole rings is 1. The van der Waals surface area contributed by atoms with Gasteiger partial charge in [0, 0.05) is 19.2 Å². The molecule has 0 fully saturated rings. The molecular formula is C15H15N5O3S. The maximum absolute atomic E-state index is 12.2. The SMILES string of the molecule is O=C(CCCNC(=O)c1ncoc1-c1cccs1)Nc1cn[nH]c1. The Hall–Kier alpha value is -2.94. The number of rotatable bonds is 7. The fourth-order valence-corrected chi connectivity index (χ4v) is 2.78. The smallest absolute Gasteiger partial charge is 0.273 e. The number of carbonyl (C=O) groups is 2. The normalized spacial score (nSPS) is 10.5. The summed E-state index contributed by atoms with van der Waals surface area (Å²) in [4.78, 5) is 28.7. The van der Waals surface area contributed by atoms with Gasteiger partial charge < -0.3 is 15.1 Å². The van der Waals surface area contributed by atoms with Gasteiger partial charge in [0.15, 0.2) is 17.8 Å². The zero-order valence-corrected chi connectivity index (χ0v) is 13.4. The van der Waals surface area contributed by atoms with Crippen LogP contribution >= 0.6 is 11.3 Å². The van der Waals surface area contributed by atoms with E-state index in [1.54, 1.807) is 6.20 Å². The maximum Gasteiger partial charge on any atom is 0.273 e. The van der Waals surface area contributed by atoms with E-state index < -0.39 is 0 Å². The minimum absolute atomic E-state index is 0.133. The Morgan fingerprint density at radius 1 is 1.38 bits per heavy atom. The van der Waals surface area contributed by atoms with Crippen molar-refractivity contribution in [2.75, 3.05) is 11.9 Å². The van der Waals surface area contributed by atoms with E-state index in [1.807, 2.05) is 17.5 Å². The molecule has 124 valence electrons. The predicted molar refractivity (Wildman–Crippen MR) is 88.6 cm³/mol. The van der Waals surface area contributed by atoms with E-state index in [1.165, 1.54) is 23.9 Å². The third-order valence-electron chi connectivity index (χ3n) is 3.18. The van der Waals surface area contributed by atoms with Crippen LogP contribution in [0.25, 0.3) is 10.6 Å². The van der Waals surface area contributed by atoms with Gasteiger partial charge in [-0.1, -0.05) is 6.07 Å². The summed E-state index contributed by atoms with van der Waals surface area (Å²) in [6, 6.07) is 3.74. The zero-order valence-electron chi connectivity index (χ0n) is 12.6. The number of aromatic amines is 1. The number of amides is 2. The summed E-state index contributed by atoms with van der Waals surface area (Å²) in [5, 5.41) is 13.7. The number of aromatic nitrogens is 3. The zero-order chi connectivity index (χ0) is 16.8. The summed E-state index contributed by atoms with van der Waals surface area (Å²) in [5.41, 5.74) is 0.868. The van der Waals surface area contributed by atoms with Crippen molar-refractivity contribution in [3.05, 3.63) is 42.0 Å². The average Bonchev–Trinajstić information content (AvgIpc) is 3.32. The van der Waals surface area contributed by atoms with Crippen molar-refractivity contribution in [2.24, 2.45) is 0 Å². The van der Waals surface area contributed by atoms with Crippen LogP contribution in [0.4, 0.5) is 5.69 Å². The molecule has 3 N–H and O–H groups in total. The van der Waals surface area contributed by atoms with E-state index in [2.05, 4.69) is 25.8 Å². The lowest BCUT2D eigenvalue weighted by molar-refractivity contribution is -0.116. The second kappa shape index (κ2) is 7.55. The number of anilines is 1. The topological polar surface area (TPSA) is 113 Å². The quantitative estimate of drug-likeness (QED) is 0.569. The number of hydrogen-bond donors (Lipinski definition) is 3. The highest BCUT2D eigenvalue weighted by Gasteiger charge is 2.18. The van der Waals surface area contributed by atoms with Crippen LogP contribution in [0.3, 0.4) is 0 Å². The fourth-order valence-electron chi connectivity index (χ4n) is 2.07. The van der Waals surface area contributed by atoms with Gasteiger partial charge in [0.05, 0.1) is 16.8 Å². The van der Waals surface area contributed by atoms with Gasteiger partial charge in [-0.3, -0.25) is 14.7 Å². The van der Waals surface area contributed by atoms with Crippen molar-refractivity contribution in [1.82, 2.24) is 20.5 Å². The molecule has 24 heavy (non-hydrogen) atoms. The fraction of sp³-hybridized carbons (Fsp3) is 0.200. The Kier molecular flexibility index (Phi) is 5.02. The number of carbonyl (C=O) groups excluding carboxylic acids is 2. The lowest BCUT2D eigenvalue weighted by atomic mass is 10.2. The van der Waals surface area contributed by atoms with Crippen molar-refractivity contribution in [3.63, 3.8) is 0 Å². The number of nitrogens with zero attached hydrogens (tertiary/aromatic N) is 2. The van der Waals surface area contributed by atoms with E-state index >= 15 is 0 Å². The van der Waals surface area contributed by atoms with Gasteiger partial charge in [0.1, 0.15) is 0 Å². The monoisotopic (exact) mass is 345 g/mol. The Labute approximate surface area is 141 Å². The van der Waals surface area contributed by atoms with Gasteiger partial charge in [-0.15, -0.1) is 11.3 Å². The Morgan fingerprint density at radius 2 is 2.29 bits per heavy atom. The van der Waals surface area contributed by atoms with Gasteiger partial charge >= 0.3 is 0 Å². The molecule has 0 saturated heterocycles. The molecule has 0 radical (unpaired) electrons. The van der Waals surface area contributed by atoms with Gasteiger partial charge in [-0.25, -0.2) is 4.98 Å². The van der Waals surface area contributed by atoms with E-state index in [9.17, 15) is 9.59 Å². The number of H-pyrrole nitrogens is 1. The first-order chi connectivity index (χ1) is 11.7. The van der Waals surface area contributed by atoms with E-state index in [4.69, 9.17) is 4.42 Å². The molecule has 3 aromatic heterocycles. The van der Waals surface area contributed by atoms with E-state index in [0.29, 0.717) is 30.8 Å². The average molecular weight is 345 g/mol. The second-order valence-corrected chi connectivity index (χ2v) is 5.85. The molecule has 9 heteroatoms. The molecule has 0 bridgehead atoms. The first-order valence-corrected chi connectivity index (χ1v) is 8.16. The lowest BCUT2D eigenvalue weighted by Gasteiger charge is -2.04. The van der Waals surface area contributed by atoms with Crippen LogP contribution in [0.5, 0.6) is 0 Å². The molecule has 0 saturated carbocycles. The standard InChI is InChI=1S/C15H15N5O3S/c21-12(20-10-7-18-19-8-10)4-1-5-16-15(22)13-14(23-9-17-13)11-3-2-6-24-11/h2-3,6-9H,1,4-5H2,(H,16,22)(H,18,19)(H,20,21). The van der Waals surface area contributed by atoms with Gasteiger partial charge in [0.25, 0.3) is 5.91 Å². The third kappa shape index (κ3) is 3.87. The molecule has 0 aliphatic carbocycles. The molecule has 3 aromatic rings. The molecular weight excluding hydrogens is 330 g/mol. The van der Waals surface area contributed by atoms with Crippen LogP contribution in [0, 0.1) is 0 Å². The molecule has 0 unspecified atom stereocenters. The third-order valence-corrected chi connectivity index (χ3v) is 4.04. The largest absolute Gasteiger partial charge is 0.442 e. The Morgan fingerprint density at radius 3 is 3.04 bits per heavy atom. The Bertz CT molecular complexity index is 795. The first kappa shape index (κ1) is 15.9. The summed E-state index contributed by atoms with van der Waals surface area (Å²) in [6.07, 6.45) is 5.18. The molecule has 0 aliphatic heterocycles. The van der Waals surface area contributed by atoms with Crippen molar-refractivity contribution in [1.29, 1.82) is 0 Å². The minimum atomic E-state index is -0.317. The van der Waals surface area contributed by atoms with Gasteiger partial charge in [0.2, 0.25) is 5.91 Å². The second-order valence-electron chi connectivity index (χ2n) is 4.90. The highest BCUT2D eigenvalue weighted by Crippen LogP contribution is 2.27. The molecule has 0 aromatic carbocycles. The lowest BCUT2D eigenvalue weighted by Crippen LogP contribution is -2.26.